The minimum Gasteiger partial charge on any atom is -0.394 e. The monoisotopic (exact) mass is 476 g/mol. The molecule has 0 spiro atoms. The fraction of sp³-hybridized carbons (Fsp3) is 0.526. The van der Waals surface area contributed by atoms with Crippen LogP contribution in [0.1, 0.15) is 13.0 Å². The van der Waals surface area contributed by atoms with Crippen molar-refractivity contribution < 1.29 is 37.7 Å². The van der Waals surface area contributed by atoms with E-state index in [0.717, 1.165) is 23.9 Å². The average molecular weight is 476 g/mol. The van der Waals surface area contributed by atoms with Crippen molar-refractivity contribution >= 4 is 17.7 Å². The van der Waals surface area contributed by atoms with Crippen LogP contribution in [0.5, 0.6) is 0 Å². The Bertz CT molecular complexity index is 926. The number of carbonyl (C=O) groups excluding carboxylic acids is 1. The van der Waals surface area contributed by atoms with Crippen molar-refractivity contribution in [1.82, 2.24) is 20.3 Å². The second kappa shape index (κ2) is 10.6. The van der Waals surface area contributed by atoms with E-state index in [9.17, 15) is 28.2 Å². The van der Waals surface area contributed by atoms with Crippen molar-refractivity contribution in [1.29, 1.82) is 0 Å². The molecule has 2 heterocycles. The Morgan fingerprint density at radius 3 is 2.62 bits per heavy atom. The summed E-state index contributed by atoms with van der Waals surface area (Å²) in [6.45, 7) is 1.74. The Morgan fingerprint density at radius 2 is 2.03 bits per heavy atom. The van der Waals surface area contributed by atoms with E-state index in [0.29, 0.717) is 6.54 Å². The van der Waals surface area contributed by atoms with Crippen molar-refractivity contribution in [3.8, 4) is 11.3 Å². The normalized spacial score (nSPS) is 25.7. The molecule has 1 amide bonds. The van der Waals surface area contributed by atoms with Crippen molar-refractivity contribution in [2.75, 3.05) is 26.0 Å². The highest BCUT2D eigenvalue weighted by molar-refractivity contribution is 8.00. The molecule has 3 N–H and O–H groups in total. The van der Waals surface area contributed by atoms with Crippen LogP contribution in [-0.2, 0) is 14.3 Å². The van der Waals surface area contributed by atoms with Crippen LogP contribution in [0.2, 0.25) is 0 Å². The Kier molecular flexibility index (Phi) is 8.11. The van der Waals surface area contributed by atoms with Gasteiger partial charge in [0.1, 0.15) is 35.5 Å². The Balaban J connectivity index is 1.89. The van der Waals surface area contributed by atoms with Gasteiger partial charge in [0.15, 0.2) is 17.5 Å². The van der Waals surface area contributed by atoms with E-state index in [1.165, 1.54) is 18.0 Å². The molecule has 0 unspecified atom stereocenters. The molecule has 1 aromatic carbocycles. The molecule has 5 atom stereocenters. The Morgan fingerprint density at radius 1 is 1.34 bits per heavy atom. The number of amides is 1. The summed E-state index contributed by atoms with van der Waals surface area (Å²) in [5.41, 5.74) is -0.769. The van der Waals surface area contributed by atoms with Gasteiger partial charge in [-0.05, 0) is 19.1 Å². The van der Waals surface area contributed by atoms with E-state index < -0.39 is 53.8 Å². The quantitative estimate of drug-likeness (QED) is 0.481. The van der Waals surface area contributed by atoms with Gasteiger partial charge in [0.25, 0.3) is 0 Å². The van der Waals surface area contributed by atoms with Crippen LogP contribution in [0.3, 0.4) is 0 Å². The number of methoxy groups -OCH3 is 1. The molecule has 9 nitrogen and oxygen atoms in total. The Hall–Kier alpha value is -2.19. The summed E-state index contributed by atoms with van der Waals surface area (Å²) >= 11 is 1.12. The van der Waals surface area contributed by atoms with Gasteiger partial charge in [-0.1, -0.05) is 5.21 Å². The number of nitrogens with zero attached hydrogens (tertiary/aromatic N) is 3. The molecule has 176 valence electrons. The topological polar surface area (TPSA) is 119 Å². The first kappa shape index (κ1) is 24.5. The maximum Gasteiger partial charge on any atom is 0.230 e. The zero-order valence-electron chi connectivity index (χ0n) is 17.2. The molecular formula is C19H23F3N4O5S. The lowest BCUT2D eigenvalue weighted by atomic mass is 9.97. The first-order chi connectivity index (χ1) is 15.3. The smallest absolute Gasteiger partial charge is 0.230 e. The number of ether oxygens (including phenoxy) is 2. The molecule has 1 aliphatic heterocycles. The SMILES string of the molecule is CCNC(=O)CS[C@@H]1O[C@H](CO)[C@H](O)[C@H](n2cc(-c3cc(F)c(F)c(F)c3)nn2)[C@H]1OC. The zero-order chi connectivity index (χ0) is 23.4. The summed E-state index contributed by atoms with van der Waals surface area (Å²) in [5.74, 6) is -4.52. The number of hydrogen-bond acceptors (Lipinski definition) is 8. The van der Waals surface area contributed by atoms with Gasteiger partial charge in [-0.3, -0.25) is 4.79 Å². The average Bonchev–Trinajstić information content (AvgIpc) is 3.25. The number of benzene rings is 1. The number of carbonyl (C=O) groups is 1. The lowest BCUT2D eigenvalue weighted by Gasteiger charge is -2.43. The van der Waals surface area contributed by atoms with Crippen molar-refractivity contribution in [3.05, 3.63) is 35.8 Å². The number of rotatable bonds is 8. The molecular weight excluding hydrogens is 453 g/mol. The van der Waals surface area contributed by atoms with E-state index in [1.54, 1.807) is 6.92 Å². The summed E-state index contributed by atoms with van der Waals surface area (Å²) in [6, 6.07) is 0.652. The summed E-state index contributed by atoms with van der Waals surface area (Å²) < 4.78 is 53.0. The minimum atomic E-state index is -1.60. The summed E-state index contributed by atoms with van der Waals surface area (Å²) in [4.78, 5) is 11.8. The van der Waals surface area contributed by atoms with Gasteiger partial charge in [0.05, 0.1) is 18.6 Å². The van der Waals surface area contributed by atoms with Crippen LogP contribution < -0.4 is 5.32 Å². The largest absolute Gasteiger partial charge is 0.394 e. The predicted octanol–water partition coefficient (Wildman–Crippen LogP) is 0.866. The van der Waals surface area contributed by atoms with Gasteiger partial charge >= 0.3 is 0 Å². The first-order valence-corrected chi connectivity index (χ1v) is 10.8. The minimum absolute atomic E-state index is 0.0309. The van der Waals surface area contributed by atoms with Crippen LogP contribution in [0.15, 0.2) is 18.3 Å². The molecule has 3 rings (SSSR count). The van der Waals surface area contributed by atoms with Gasteiger partial charge < -0.3 is 25.0 Å². The van der Waals surface area contributed by atoms with Crippen LogP contribution in [-0.4, -0.2) is 80.9 Å². The van der Waals surface area contributed by atoms with E-state index in [1.807, 2.05) is 0 Å². The molecule has 32 heavy (non-hydrogen) atoms. The first-order valence-electron chi connectivity index (χ1n) is 9.72. The third-order valence-corrected chi connectivity index (χ3v) is 6.08. The number of halogens is 3. The standard InChI is InChI=1S/C19H23F3N4O5S/c1-3-23-14(28)8-32-19-18(30-2)16(17(29)13(7-27)31-19)26-6-12(24-25-26)9-4-10(20)15(22)11(21)5-9/h4-6,13,16-19,27,29H,3,7-8H2,1-2H3,(H,23,28)/t13-,16+,17+,18-,19+/m1/s1. The van der Waals surface area contributed by atoms with Gasteiger partial charge in [-0.25, -0.2) is 17.9 Å². The lowest BCUT2D eigenvalue weighted by molar-refractivity contribution is -0.186. The highest BCUT2D eigenvalue weighted by atomic mass is 32.2. The predicted molar refractivity (Wildman–Crippen MR) is 108 cm³/mol. The van der Waals surface area contributed by atoms with E-state index in [4.69, 9.17) is 9.47 Å². The maximum atomic E-state index is 13.6. The lowest BCUT2D eigenvalue weighted by Crippen LogP contribution is -2.55. The van der Waals surface area contributed by atoms with Gasteiger partial charge in [0, 0.05) is 19.2 Å². The number of thioether (sulfide) groups is 1. The molecule has 13 heteroatoms. The van der Waals surface area contributed by atoms with E-state index in [2.05, 4.69) is 15.6 Å². The van der Waals surface area contributed by atoms with Gasteiger partial charge in [-0.2, -0.15) is 0 Å². The van der Waals surface area contributed by atoms with E-state index in [-0.39, 0.29) is 22.9 Å². The highest BCUT2D eigenvalue weighted by Gasteiger charge is 2.47. The van der Waals surface area contributed by atoms with Gasteiger partial charge in [-0.15, -0.1) is 16.9 Å². The molecule has 2 aromatic rings. The Labute approximate surface area is 185 Å². The van der Waals surface area contributed by atoms with Crippen molar-refractivity contribution in [3.63, 3.8) is 0 Å². The van der Waals surface area contributed by atoms with Crippen LogP contribution >= 0.6 is 11.8 Å². The number of nitrogens with one attached hydrogen (secondary N) is 1. The molecule has 1 saturated heterocycles. The van der Waals surface area contributed by atoms with Crippen LogP contribution in [0, 0.1) is 17.5 Å². The molecule has 1 aliphatic rings. The van der Waals surface area contributed by atoms with Crippen LogP contribution in [0.25, 0.3) is 11.3 Å². The second-order valence-corrected chi connectivity index (χ2v) is 8.10. The fourth-order valence-corrected chi connectivity index (χ4v) is 4.51. The maximum absolute atomic E-state index is 13.6. The fourth-order valence-electron chi connectivity index (χ4n) is 3.41. The molecule has 0 aliphatic carbocycles. The number of aromatic nitrogens is 3. The third kappa shape index (κ3) is 5.07. The zero-order valence-corrected chi connectivity index (χ0v) is 18.1. The van der Waals surface area contributed by atoms with Crippen LogP contribution in [0.4, 0.5) is 13.2 Å². The molecule has 0 radical (unpaired) electrons. The molecule has 0 saturated carbocycles. The summed E-state index contributed by atoms with van der Waals surface area (Å²) in [7, 11) is 1.38. The van der Waals surface area contributed by atoms with E-state index >= 15 is 0 Å². The van der Waals surface area contributed by atoms with Gasteiger partial charge in [0.2, 0.25) is 5.91 Å². The van der Waals surface area contributed by atoms with Crippen molar-refractivity contribution in [2.24, 2.45) is 0 Å². The second-order valence-electron chi connectivity index (χ2n) is 7.01. The summed E-state index contributed by atoms with van der Waals surface area (Å²) in [5, 5.41) is 30.9. The highest BCUT2D eigenvalue weighted by Crippen LogP contribution is 2.37. The summed E-state index contributed by atoms with van der Waals surface area (Å²) in [6.07, 6.45) is -1.78. The number of aliphatic hydroxyl groups excluding tert-OH is 2. The molecule has 1 aromatic heterocycles. The molecule has 1 fully saturated rings. The number of hydrogen-bond donors (Lipinski definition) is 3. The third-order valence-electron chi connectivity index (χ3n) is 4.94. The van der Waals surface area contributed by atoms with Crippen molar-refractivity contribution in [2.45, 2.75) is 36.7 Å². The number of aliphatic hydroxyl groups is 2. The molecule has 0 bridgehead atoms.